The van der Waals surface area contributed by atoms with Crippen LogP contribution in [-0.2, 0) is 11.3 Å². The van der Waals surface area contributed by atoms with Crippen LogP contribution < -0.4 is 4.74 Å². The van der Waals surface area contributed by atoms with E-state index in [2.05, 4.69) is 19.9 Å². The van der Waals surface area contributed by atoms with Crippen LogP contribution in [0, 0.1) is 6.92 Å². The van der Waals surface area contributed by atoms with E-state index in [1.54, 1.807) is 13.8 Å². The molecule has 0 unspecified atom stereocenters. The van der Waals surface area contributed by atoms with Crippen molar-refractivity contribution in [2.24, 2.45) is 0 Å². The number of aryl methyl sites for hydroxylation is 1. The third kappa shape index (κ3) is 2.98. The van der Waals surface area contributed by atoms with Crippen molar-refractivity contribution in [1.29, 1.82) is 0 Å². The van der Waals surface area contributed by atoms with E-state index in [0.717, 1.165) is 10.9 Å². The van der Waals surface area contributed by atoms with Gasteiger partial charge in [-0.1, -0.05) is 22.4 Å². The molecule has 0 saturated carbocycles. The number of carbonyl (C=O) groups is 1. The zero-order chi connectivity index (χ0) is 16.2. The molecule has 23 heavy (non-hydrogen) atoms. The SMILES string of the molecule is CCOC(=O)c1cnc2ccccc2c1OCc1nonc1C. The molecule has 0 aliphatic rings. The predicted molar refractivity (Wildman–Crippen MR) is 81.1 cm³/mol. The second kappa shape index (κ2) is 6.43. The average Bonchev–Trinajstić information content (AvgIpc) is 2.97. The van der Waals surface area contributed by atoms with E-state index in [1.807, 2.05) is 24.3 Å². The number of nitrogens with zero attached hydrogens (tertiary/aromatic N) is 3. The summed E-state index contributed by atoms with van der Waals surface area (Å²) in [5.41, 5.74) is 2.21. The normalized spacial score (nSPS) is 10.7. The quantitative estimate of drug-likeness (QED) is 0.669. The number of ether oxygens (including phenoxy) is 2. The van der Waals surface area contributed by atoms with E-state index < -0.39 is 5.97 Å². The van der Waals surface area contributed by atoms with E-state index in [4.69, 9.17) is 9.47 Å². The zero-order valence-corrected chi connectivity index (χ0v) is 12.8. The minimum Gasteiger partial charge on any atom is -0.485 e. The largest absolute Gasteiger partial charge is 0.485 e. The Bertz CT molecular complexity index is 844. The highest BCUT2D eigenvalue weighted by Gasteiger charge is 2.19. The highest BCUT2D eigenvalue weighted by Crippen LogP contribution is 2.29. The van der Waals surface area contributed by atoms with Gasteiger partial charge in [-0.2, -0.15) is 0 Å². The van der Waals surface area contributed by atoms with Crippen LogP contribution in [0.5, 0.6) is 5.75 Å². The second-order valence-corrected chi connectivity index (χ2v) is 4.82. The van der Waals surface area contributed by atoms with Crippen molar-refractivity contribution < 1.29 is 18.9 Å². The average molecular weight is 313 g/mol. The van der Waals surface area contributed by atoms with Gasteiger partial charge in [0.15, 0.2) is 0 Å². The number of aromatic nitrogens is 3. The summed E-state index contributed by atoms with van der Waals surface area (Å²) in [5, 5.41) is 8.22. The van der Waals surface area contributed by atoms with E-state index in [-0.39, 0.29) is 18.8 Å². The summed E-state index contributed by atoms with van der Waals surface area (Å²) in [4.78, 5) is 16.4. The summed E-state index contributed by atoms with van der Waals surface area (Å²) in [7, 11) is 0. The number of pyridine rings is 1. The van der Waals surface area contributed by atoms with Gasteiger partial charge in [-0.25, -0.2) is 9.42 Å². The molecule has 0 amide bonds. The number of benzene rings is 1. The van der Waals surface area contributed by atoms with E-state index >= 15 is 0 Å². The van der Waals surface area contributed by atoms with Crippen molar-refractivity contribution in [2.45, 2.75) is 20.5 Å². The van der Waals surface area contributed by atoms with Gasteiger partial charge in [0.2, 0.25) is 0 Å². The first-order valence-corrected chi connectivity index (χ1v) is 7.16. The Morgan fingerprint density at radius 1 is 1.26 bits per heavy atom. The van der Waals surface area contributed by atoms with Crippen LogP contribution in [0.3, 0.4) is 0 Å². The molecule has 0 spiro atoms. The van der Waals surface area contributed by atoms with Crippen molar-refractivity contribution in [1.82, 2.24) is 15.3 Å². The molecular formula is C16H15N3O4. The summed E-state index contributed by atoms with van der Waals surface area (Å²) in [6, 6.07) is 7.41. The number of rotatable bonds is 5. The zero-order valence-electron chi connectivity index (χ0n) is 12.8. The maximum Gasteiger partial charge on any atom is 0.343 e. The first kappa shape index (κ1) is 15.0. The fourth-order valence-corrected chi connectivity index (χ4v) is 2.15. The van der Waals surface area contributed by atoms with Gasteiger partial charge in [-0.3, -0.25) is 4.98 Å². The number of hydrogen-bond donors (Lipinski definition) is 0. The summed E-state index contributed by atoms with van der Waals surface area (Å²) >= 11 is 0. The summed E-state index contributed by atoms with van der Waals surface area (Å²) in [6.07, 6.45) is 1.46. The van der Waals surface area contributed by atoms with E-state index in [9.17, 15) is 4.79 Å². The molecule has 118 valence electrons. The lowest BCUT2D eigenvalue weighted by atomic mass is 10.1. The molecular weight excluding hydrogens is 298 g/mol. The maximum atomic E-state index is 12.1. The summed E-state index contributed by atoms with van der Waals surface area (Å²) < 4.78 is 15.6. The Labute approximate surface area is 132 Å². The van der Waals surface area contributed by atoms with Crippen LogP contribution in [0.1, 0.15) is 28.7 Å². The predicted octanol–water partition coefficient (Wildman–Crippen LogP) is 2.68. The smallest absolute Gasteiger partial charge is 0.343 e. The lowest BCUT2D eigenvalue weighted by Gasteiger charge is -2.12. The van der Waals surface area contributed by atoms with Gasteiger partial charge >= 0.3 is 5.97 Å². The van der Waals surface area contributed by atoms with Crippen molar-refractivity contribution >= 4 is 16.9 Å². The first-order valence-electron chi connectivity index (χ1n) is 7.16. The van der Waals surface area contributed by atoms with Gasteiger partial charge in [0.1, 0.15) is 29.3 Å². The molecule has 0 aliphatic heterocycles. The molecule has 7 heteroatoms. The highest BCUT2D eigenvalue weighted by molar-refractivity contribution is 5.99. The fourth-order valence-electron chi connectivity index (χ4n) is 2.15. The van der Waals surface area contributed by atoms with Crippen LogP contribution in [0.2, 0.25) is 0 Å². The molecule has 7 nitrogen and oxygen atoms in total. The Hall–Kier alpha value is -2.96. The van der Waals surface area contributed by atoms with Gasteiger partial charge in [-0.05, 0) is 26.0 Å². The molecule has 0 fully saturated rings. The molecule has 0 N–H and O–H groups in total. The van der Waals surface area contributed by atoms with Crippen LogP contribution in [-0.4, -0.2) is 27.9 Å². The van der Waals surface area contributed by atoms with Gasteiger partial charge in [-0.15, -0.1) is 0 Å². The highest BCUT2D eigenvalue weighted by atomic mass is 16.6. The van der Waals surface area contributed by atoms with E-state index in [1.165, 1.54) is 6.20 Å². The lowest BCUT2D eigenvalue weighted by molar-refractivity contribution is 0.0521. The molecule has 2 aromatic heterocycles. The Kier molecular flexibility index (Phi) is 4.18. The Balaban J connectivity index is 2.01. The molecule has 0 saturated heterocycles. The molecule has 2 heterocycles. The third-order valence-electron chi connectivity index (χ3n) is 3.32. The number of hydrogen-bond acceptors (Lipinski definition) is 7. The van der Waals surface area contributed by atoms with Gasteiger partial charge in [0, 0.05) is 11.6 Å². The number of esters is 1. The molecule has 0 radical (unpaired) electrons. The monoisotopic (exact) mass is 313 g/mol. The minimum absolute atomic E-state index is 0.135. The minimum atomic E-state index is -0.476. The summed E-state index contributed by atoms with van der Waals surface area (Å²) in [6.45, 7) is 3.93. The topological polar surface area (TPSA) is 87.3 Å². The number of fused-ring (bicyclic) bond motifs is 1. The maximum absolute atomic E-state index is 12.1. The van der Waals surface area contributed by atoms with Crippen LogP contribution in [0.25, 0.3) is 10.9 Å². The molecule has 3 rings (SSSR count). The first-order chi connectivity index (χ1) is 11.2. The second-order valence-electron chi connectivity index (χ2n) is 4.82. The molecule has 0 bridgehead atoms. The van der Waals surface area contributed by atoms with Gasteiger partial charge in [0.25, 0.3) is 0 Å². The lowest BCUT2D eigenvalue weighted by Crippen LogP contribution is -2.09. The van der Waals surface area contributed by atoms with Crippen molar-refractivity contribution in [3.05, 3.63) is 47.4 Å². The van der Waals surface area contributed by atoms with Crippen LogP contribution in [0.4, 0.5) is 0 Å². The van der Waals surface area contributed by atoms with Crippen molar-refractivity contribution in [3.8, 4) is 5.75 Å². The Morgan fingerprint density at radius 2 is 2.09 bits per heavy atom. The number of carbonyl (C=O) groups excluding carboxylic acids is 1. The van der Waals surface area contributed by atoms with Crippen LogP contribution >= 0.6 is 0 Å². The van der Waals surface area contributed by atoms with Gasteiger partial charge in [0.05, 0.1) is 12.1 Å². The Morgan fingerprint density at radius 3 is 2.83 bits per heavy atom. The van der Waals surface area contributed by atoms with Crippen molar-refractivity contribution in [3.63, 3.8) is 0 Å². The third-order valence-corrected chi connectivity index (χ3v) is 3.32. The molecule has 3 aromatic rings. The summed E-state index contributed by atoms with van der Waals surface area (Å²) in [5.74, 6) is -0.0628. The standard InChI is InChI=1S/C16H15N3O4/c1-3-21-16(20)12-8-17-13-7-5-4-6-11(13)15(12)22-9-14-10(2)18-23-19-14/h4-8H,3,9H2,1-2H3. The fraction of sp³-hybridized carbons (Fsp3) is 0.250. The van der Waals surface area contributed by atoms with Crippen molar-refractivity contribution in [2.75, 3.05) is 6.61 Å². The molecule has 1 aromatic carbocycles. The number of para-hydroxylation sites is 1. The molecule has 0 aliphatic carbocycles. The van der Waals surface area contributed by atoms with E-state index in [0.29, 0.717) is 17.1 Å². The van der Waals surface area contributed by atoms with Crippen LogP contribution in [0.15, 0.2) is 35.1 Å². The molecule has 0 atom stereocenters. The van der Waals surface area contributed by atoms with Gasteiger partial charge < -0.3 is 9.47 Å².